The maximum Gasteiger partial charge on any atom is 0.0698 e. The van der Waals surface area contributed by atoms with Crippen molar-refractivity contribution in [2.24, 2.45) is 0 Å². The Morgan fingerprint density at radius 1 is 0.714 bits per heavy atom. The summed E-state index contributed by atoms with van der Waals surface area (Å²) >= 11 is 0. The molecule has 2 nitrogen and oxygen atoms in total. The molecule has 0 aromatic rings. The first kappa shape index (κ1) is 24.2. The Hall–Kier alpha value is -0.0800. The third-order valence-corrected chi connectivity index (χ3v) is 7.64. The van der Waals surface area contributed by atoms with Crippen LogP contribution in [0.25, 0.3) is 0 Å². The van der Waals surface area contributed by atoms with Crippen LogP contribution >= 0.6 is 0 Å². The number of hydrogen-bond acceptors (Lipinski definition) is 2. The number of nitrogens with zero attached hydrogens (tertiary/aromatic N) is 1. The van der Waals surface area contributed by atoms with E-state index in [0.717, 1.165) is 12.1 Å². The first-order valence-electron chi connectivity index (χ1n) is 13.1. The van der Waals surface area contributed by atoms with Crippen LogP contribution in [-0.2, 0) is 4.74 Å². The van der Waals surface area contributed by atoms with E-state index < -0.39 is 0 Å². The summed E-state index contributed by atoms with van der Waals surface area (Å²) in [5.74, 6) is 0. The van der Waals surface area contributed by atoms with E-state index in [9.17, 15) is 0 Å². The van der Waals surface area contributed by atoms with Gasteiger partial charge in [-0.1, -0.05) is 96.8 Å². The molecule has 2 unspecified atom stereocenters. The Morgan fingerprint density at radius 2 is 1.18 bits per heavy atom. The van der Waals surface area contributed by atoms with Gasteiger partial charge in [-0.3, -0.25) is 4.90 Å². The predicted molar refractivity (Wildman–Crippen MR) is 123 cm³/mol. The summed E-state index contributed by atoms with van der Waals surface area (Å²) < 4.78 is 5.96. The molecule has 2 rings (SSSR count). The van der Waals surface area contributed by atoms with Crippen molar-refractivity contribution < 1.29 is 4.74 Å². The highest BCUT2D eigenvalue weighted by molar-refractivity contribution is 4.91. The maximum absolute atomic E-state index is 5.96. The van der Waals surface area contributed by atoms with Crippen LogP contribution in [0.3, 0.4) is 0 Å². The van der Waals surface area contributed by atoms with Gasteiger partial charge in [-0.15, -0.1) is 0 Å². The van der Waals surface area contributed by atoms with Crippen LogP contribution in [0, 0.1) is 0 Å². The molecule has 28 heavy (non-hydrogen) atoms. The molecule has 0 aromatic heterocycles. The zero-order valence-corrected chi connectivity index (χ0v) is 19.6. The molecule has 2 aliphatic rings. The number of ether oxygens (including phenoxy) is 1. The summed E-state index contributed by atoms with van der Waals surface area (Å²) in [6.45, 7) is 4.65. The molecule has 0 spiro atoms. The van der Waals surface area contributed by atoms with Crippen LogP contribution in [0.2, 0.25) is 0 Å². The third-order valence-electron chi connectivity index (χ3n) is 7.64. The third kappa shape index (κ3) is 8.34. The highest BCUT2D eigenvalue weighted by Crippen LogP contribution is 2.34. The number of hydrogen-bond donors (Lipinski definition) is 0. The lowest BCUT2D eigenvalue weighted by molar-refractivity contribution is -0.0382. The van der Waals surface area contributed by atoms with Gasteiger partial charge in [-0.05, 0) is 39.0 Å². The quantitative estimate of drug-likeness (QED) is 0.278. The molecular formula is C26H51NO. The largest absolute Gasteiger partial charge is 0.380 e. The van der Waals surface area contributed by atoms with Crippen molar-refractivity contribution in [1.29, 1.82) is 0 Å². The summed E-state index contributed by atoms with van der Waals surface area (Å²) in [7, 11) is 1.94. The average Bonchev–Trinajstić information content (AvgIpc) is 2.75. The van der Waals surface area contributed by atoms with Gasteiger partial charge >= 0.3 is 0 Å². The van der Waals surface area contributed by atoms with E-state index in [1.807, 2.05) is 7.11 Å². The Morgan fingerprint density at radius 3 is 1.64 bits per heavy atom. The first-order valence-corrected chi connectivity index (χ1v) is 13.1. The minimum atomic E-state index is 0.369. The Labute approximate surface area is 177 Å². The lowest BCUT2D eigenvalue weighted by Crippen LogP contribution is -2.54. The normalized spacial score (nSPS) is 21.9. The topological polar surface area (TPSA) is 12.5 Å². The zero-order chi connectivity index (χ0) is 20.0. The van der Waals surface area contributed by atoms with Crippen molar-refractivity contribution in [1.82, 2.24) is 4.90 Å². The lowest BCUT2D eigenvalue weighted by atomic mass is 9.85. The van der Waals surface area contributed by atoms with Crippen molar-refractivity contribution in [3.63, 3.8) is 0 Å². The van der Waals surface area contributed by atoms with E-state index >= 15 is 0 Å². The molecular weight excluding hydrogens is 342 g/mol. The van der Waals surface area contributed by atoms with E-state index in [1.165, 1.54) is 122 Å². The SMILES string of the molecule is CCCCCCCCCCC(C(C)OC)N(C1CCCCC1)C1CCCCC1. The van der Waals surface area contributed by atoms with Gasteiger partial charge in [0.05, 0.1) is 6.10 Å². The molecule has 2 aliphatic carbocycles. The fourth-order valence-electron chi connectivity index (χ4n) is 5.87. The van der Waals surface area contributed by atoms with Gasteiger partial charge in [-0.2, -0.15) is 0 Å². The summed E-state index contributed by atoms with van der Waals surface area (Å²) in [5.41, 5.74) is 0. The molecule has 0 N–H and O–H groups in total. The highest BCUT2D eigenvalue weighted by Gasteiger charge is 2.36. The van der Waals surface area contributed by atoms with Gasteiger partial charge in [0.1, 0.15) is 0 Å². The fraction of sp³-hybridized carbons (Fsp3) is 1.00. The van der Waals surface area contributed by atoms with E-state index in [-0.39, 0.29) is 0 Å². The summed E-state index contributed by atoms with van der Waals surface area (Å²) in [6.07, 6.45) is 27.5. The van der Waals surface area contributed by atoms with E-state index in [2.05, 4.69) is 18.7 Å². The number of unbranched alkanes of at least 4 members (excludes halogenated alkanes) is 7. The van der Waals surface area contributed by atoms with Crippen molar-refractivity contribution in [3.8, 4) is 0 Å². The Kier molecular flexibility index (Phi) is 12.8. The zero-order valence-electron chi connectivity index (χ0n) is 19.6. The minimum Gasteiger partial charge on any atom is -0.380 e. The molecule has 2 atom stereocenters. The highest BCUT2D eigenvalue weighted by atomic mass is 16.5. The van der Waals surface area contributed by atoms with E-state index in [1.54, 1.807) is 0 Å². The molecule has 0 heterocycles. The second kappa shape index (κ2) is 14.8. The Bertz CT molecular complexity index is 341. The van der Waals surface area contributed by atoms with Crippen LogP contribution in [0.5, 0.6) is 0 Å². The van der Waals surface area contributed by atoms with Crippen LogP contribution < -0.4 is 0 Å². The van der Waals surface area contributed by atoms with Crippen molar-refractivity contribution in [3.05, 3.63) is 0 Å². The van der Waals surface area contributed by atoms with Crippen LogP contribution in [-0.4, -0.2) is 36.2 Å². The van der Waals surface area contributed by atoms with Gasteiger partial charge in [-0.25, -0.2) is 0 Å². The fourth-order valence-corrected chi connectivity index (χ4v) is 5.87. The van der Waals surface area contributed by atoms with Gasteiger partial charge in [0.25, 0.3) is 0 Å². The summed E-state index contributed by atoms with van der Waals surface area (Å²) in [4.78, 5) is 3.02. The van der Waals surface area contributed by atoms with Gasteiger partial charge in [0, 0.05) is 25.2 Å². The number of methoxy groups -OCH3 is 1. The summed E-state index contributed by atoms with van der Waals surface area (Å²) in [5, 5.41) is 0. The Balaban J connectivity index is 1.89. The van der Waals surface area contributed by atoms with Crippen LogP contribution in [0.15, 0.2) is 0 Å². The van der Waals surface area contributed by atoms with E-state index in [4.69, 9.17) is 4.74 Å². The molecule has 2 saturated carbocycles. The second-order valence-corrected chi connectivity index (χ2v) is 9.80. The standard InChI is InChI=1S/C26H51NO/c1-4-5-6-7-8-9-10-17-22-26(23(2)28-3)27(24-18-13-11-14-19-24)25-20-15-12-16-21-25/h23-26H,4-22H2,1-3H3. The molecule has 0 radical (unpaired) electrons. The first-order chi connectivity index (χ1) is 13.8. The minimum absolute atomic E-state index is 0.369. The second-order valence-electron chi connectivity index (χ2n) is 9.80. The molecule has 0 aromatic carbocycles. The molecule has 2 fully saturated rings. The predicted octanol–water partition coefficient (Wildman–Crippen LogP) is 7.89. The van der Waals surface area contributed by atoms with Crippen molar-refractivity contribution in [2.75, 3.05) is 7.11 Å². The van der Waals surface area contributed by atoms with E-state index in [0.29, 0.717) is 12.1 Å². The van der Waals surface area contributed by atoms with Crippen molar-refractivity contribution >= 4 is 0 Å². The monoisotopic (exact) mass is 393 g/mol. The maximum atomic E-state index is 5.96. The lowest BCUT2D eigenvalue weighted by Gasteiger charge is -2.48. The van der Waals surface area contributed by atoms with Crippen LogP contribution in [0.1, 0.15) is 136 Å². The molecule has 0 aliphatic heterocycles. The smallest absolute Gasteiger partial charge is 0.0698 e. The average molecular weight is 394 g/mol. The number of rotatable bonds is 14. The van der Waals surface area contributed by atoms with Gasteiger partial charge in [0.15, 0.2) is 0 Å². The molecule has 0 bridgehead atoms. The molecule has 0 amide bonds. The van der Waals surface area contributed by atoms with Crippen molar-refractivity contribution in [2.45, 2.75) is 160 Å². The summed E-state index contributed by atoms with van der Waals surface area (Å²) in [6, 6.07) is 2.29. The molecule has 0 saturated heterocycles. The van der Waals surface area contributed by atoms with Crippen LogP contribution in [0.4, 0.5) is 0 Å². The molecule has 166 valence electrons. The van der Waals surface area contributed by atoms with Gasteiger partial charge < -0.3 is 4.74 Å². The molecule has 2 heteroatoms. The van der Waals surface area contributed by atoms with Gasteiger partial charge in [0.2, 0.25) is 0 Å².